The third-order valence-corrected chi connectivity index (χ3v) is 6.72. The third-order valence-electron chi connectivity index (χ3n) is 5.68. The Bertz CT molecular complexity index is 1120. The monoisotopic (exact) mass is 387 g/mol. The summed E-state index contributed by atoms with van der Waals surface area (Å²) < 4.78 is 0. The summed E-state index contributed by atoms with van der Waals surface area (Å²) in [6.45, 7) is 0. The number of allylic oxidation sites excluding steroid dienone is 2. The molecule has 0 spiro atoms. The Labute approximate surface area is 164 Å². The van der Waals surface area contributed by atoms with Crippen LogP contribution in [0.2, 0.25) is 0 Å². The van der Waals surface area contributed by atoms with Gasteiger partial charge in [-0.1, -0.05) is 85.0 Å². The van der Waals surface area contributed by atoms with Crippen LogP contribution in [-0.2, 0) is 0 Å². The summed E-state index contributed by atoms with van der Waals surface area (Å²) in [5.74, 6) is -0.117. The molecule has 0 bridgehead atoms. The van der Waals surface area contributed by atoms with Crippen LogP contribution in [0.1, 0.15) is 45.2 Å². The highest BCUT2D eigenvalue weighted by Gasteiger charge is 2.41. The zero-order valence-electron chi connectivity index (χ0n) is 15.1. The fraction of sp³-hybridized carbons (Fsp3) is 0.0833. The molecule has 0 aliphatic heterocycles. The molecule has 3 aromatic carbocycles. The Balaban J connectivity index is 1.75. The van der Waals surface area contributed by atoms with Crippen LogP contribution in [0.15, 0.2) is 78.9 Å². The van der Waals surface area contributed by atoms with Gasteiger partial charge in [0, 0.05) is 17.4 Å². The molecule has 28 heavy (non-hydrogen) atoms. The lowest BCUT2D eigenvalue weighted by Crippen LogP contribution is -2.21. The fourth-order valence-corrected chi connectivity index (χ4v) is 5.34. The zero-order valence-corrected chi connectivity index (χ0v) is 16.0. The minimum Gasteiger partial charge on any atom is -0.189 e. The average molecular weight is 387 g/mol. The molecule has 0 aromatic heterocycles. The van der Waals surface area contributed by atoms with Crippen LogP contribution in [-0.4, -0.2) is 14.7 Å². The van der Waals surface area contributed by atoms with Crippen molar-refractivity contribution in [3.63, 3.8) is 0 Å². The second-order valence-corrected chi connectivity index (χ2v) is 8.90. The Kier molecular flexibility index (Phi) is 4.08. The number of hydrogen-bond acceptors (Lipinski definition) is 3. The summed E-state index contributed by atoms with van der Waals surface area (Å²) in [4.78, 5) is 30.7. The molecule has 0 radical (unpaired) electrons. The lowest BCUT2D eigenvalue weighted by Gasteiger charge is -2.23. The third kappa shape index (κ3) is 2.76. The second-order valence-electron chi connectivity index (χ2n) is 7.28. The smallest absolute Gasteiger partial charge is 0.189 e. The van der Waals surface area contributed by atoms with Gasteiger partial charge in [0.15, 0.2) is 5.30 Å². The summed E-state index contributed by atoms with van der Waals surface area (Å²) in [5.41, 5.74) is 6.37. The predicted molar refractivity (Wildman–Crippen MR) is 114 cm³/mol. The summed E-state index contributed by atoms with van der Waals surface area (Å²) in [5, 5.41) is 0.231. The second kappa shape index (κ2) is 6.51. The molecule has 3 N–H and O–H groups in total. The van der Waals surface area contributed by atoms with Crippen molar-refractivity contribution < 1.29 is 14.7 Å². The fourth-order valence-electron chi connectivity index (χ4n) is 4.46. The van der Waals surface area contributed by atoms with Gasteiger partial charge in [0.05, 0.1) is 0 Å². The van der Waals surface area contributed by atoms with Crippen molar-refractivity contribution in [2.24, 2.45) is 0 Å². The molecule has 2 aliphatic carbocycles. The lowest BCUT2D eigenvalue weighted by molar-refractivity contribution is 0.346. The van der Waals surface area contributed by atoms with Gasteiger partial charge in [0.2, 0.25) is 0 Å². The number of rotatable bonds is 3. The lowest BCUT2D eigenvalue weighted by atomic mass is 9.83. The van der Waals surface area contributed by atoms with Crippen molar-refractivity contribution in [3.8, 4) is 0 Å². The molecule has 138 valence electrons. The molecular weight excluding hydrogens is 367 g/mol. The van der Waals surface area contributed by atoms with Gasteiger partial charge in [0.1, 0.15) is 0 Å². The highest BCUT2D eigenvalue weighted by Crippen LogP contribution is 2.50. The first kappa shape index (κ1) is 17.5. The Hall–Kier alpha value is -2.55. The Morgan fingerprint density at radius 3 is 1.75 bits per heavy atom. The topological polar surface area (TPSA) is 60.7 Å². The summed E-state index contributed by atoms with van der Waals surface area (Å²) >= 11 is 0. The first-order valence-electron chi connectivity index (χ1n) is 9.29. The molecule has 2 aliphatic rings. The summed E-state index contributed by atoms with van der Waals surface area (Å²) in [6, 6.07) is 21.8. The highest BCUT2D eigenvalue weighted by molar-refractivity contribution is 7.66. The van der Waals surface area contributed by atoms with Crippen molar-refractivity contribution in [1.29, 1.82) is 0 Å². The first-order chi connectivity index (χ1) is 13.5. The van der Waals surface area contributed by atoms with E-state index in [2.05, 4.69) is 48.6 Å². The molecule has 0 amide bonds. The molecule has 0 saturated heterocycles. The van der Waals surface area contributed by atoms with Crippen LogP contribution in [0.3, 0.4) is 0 Å². The van der Waals surface area contributed by atoms with E-state index in [0.29, 0.717) is 0 Å². The van der Waals surface area contributed by atoms with Crippen molar-refractivity contribution >= 4 is 25.4 Å². The van der Waals surface area contributed by atoms with Crippen molar-refractivity contribution in [2.75, 3.05) is 0 Å². The first-order valence-corrected chi connectivity index (χ1v) is 10.9. The maximum absolute atomic E-state index is 10.2. The molecule has 4 heteroatoms. The number of benzene rings is 3. The van der Waals surface area contributed by atoms with Crippen molar-refractivity contribution in [1.82, 2.24) is 0 Å². The average Bonchev–Trinajstić information content (AvgIpc) is 3.31. The van der Waals surface area contributed by atoms with Crippen LogP contribution in [0, 0.1) is 0 Å². The standard InChI is InChI=1S/C24H20O3P/c25-28(26,27)23-11-5-10-21(20-14-12-16-6-1-3-8-18(16)20)24(23)22-15-13-17-7-2-4-9-19(17)22/h1-15,20,22,25-27H/q+1. The minimum absolute atomic E-state index is 0.0128. The van der Waals surface area contributed by atoms with Crippen LogP contribution in [0.5, 0.6) is 0 Å². The molecule has 2 atom stereocenters. The normalized spacial score (nSPS) is 19.7. The van der Waals surface area contributed by atoms with Crippen molar-refractivity contribution in [3.05, 3.63) is 112 Å². The molecular formula is C24H20O3P+. The van der Waals surface area contributed by atoms with E-state index < -0.39 is 7.94 Å². The predicted octanol–water partition coefficient (Wildman–Crippen LogP) is 4.37. The van der Waals surface area contributed by atoms with Gasteiger partial charge >= 0.3 is 7.94 Å². The van der Waals surface area contributed by atoms with E-state index in [1.807, 2.05) is 30.3 Å². The van der Waals surface area contributed by atoms with Gasteiger partial charge in [-0.15, -0.1) is 0 Å². The Morgan fingerprint density at radius 1 is 0.571 bits per heavy atom. The van der Waals surface area contributed by atoms with E-state index in [0.717, 1.165) is 22.3 Å². The quantitative estimate of drug-likeness (QED) is 0.585. The van der Waals surface area contributed by atoms with Crippen LogP contribution in [0.4, 0.5) is 0 Å². The van der Waals surface area contributed by atoms with Crippen LogP contribution >= 0.6 is 7.94 Å². The summed E-state index contributed by atoms with van der Waals surface area (Å²) in [7, 11) is -4.18. The number of hydrogen-bond donors (Lipinski definition) is 3. The molecule has 0 heterocycles. The maximum atomic E-state index is 10.2. The van der Waals surface area contributed by atoms with E-state index >= 15 is 0 Å². The van der Waals surface area contributed by atoms with Gasteiger partial charge in [-0.3, -0.25) is 0 Å². The summed E-state index contributed by atoms with van der Waals surface area (Å²) in [6.07, 6.45) is 8.39. The van der Waals surface area contributed by atoms with Gasteiger partial charge in [0.25, 0.3) is 0 Å². The molecule has 5 rings (SSSR count). The SMILES string of the molecule is O[P+](O)(O)c1cccc(C2C=Cc3ccccc32)c1C1C=Cc2ccccc21. The van der Waals surface area contributed by atoms with Crippen molar-refractivity contribution in [2.45, 2.75) is 11.8 Å². The van der Waals surface area contributed by atoms with Gasteiger partial charge in [-0.25, -0.2) is 0 Å². The largest absolute Gasteiger partial charge is 0.441 e. The Morgan fingerprint density at radius 2 is 1.11 bits per heavy atom. The molecule has 0 saturated carbocycles. The van der Waals surface area contributed by atoms with Gasteiger partial charge in [-0.2, -0.15) is 14.7 Å². The van der Waals surface area contributed by atoms with E-state index in [1.165, 1.54) is 11.1 Å². The zero-order chi connectivity index (χ0) is 19.3. The van der Waals surface area contributed by atoms with E-state index in [4.69, 9.17) is 0 Å². The number of fused-ring (bicyclic) bond motifs is 2. The van der Waals surface area contributed by atoms with Gasteiger partial charge < -0.3 is 0 Å². The molecule has 2 unspecified atom stereocenters. The van der Waals surface area contributed by atoms with Crippen LogP contribution < -0.4 is 5.30 Å². The molecule has 3 aromatic rings. The van der Waals surface area contributed by atoms with E-state index in [-0.39, 0.29) is 17.1 Å². The minimum atomic E-state index is -4.18. The molecule has 3 nitrogen and oxygen atoms in total. The van der Waals surface area contributed by atoms with E-state index in [9.17, 15) is 14.7 Å². The maximum Gasteiger partial charge on any atom is 0.441 e. The highest BCUT2D eigenvalue weighted by atomic mass is 31.2. The van der Waals surface area contributed by atoms with E-state index in [1.54, 1.807) is 12.1 Å². The molecule has 0 fully saturated rings. The van der Waals surface area contributed by atoms with Crippen LogP contribution in [0.25, 0.3) is 12.2 Å². The van der Waals surface area contributed by atoms with Gasteiger partial charge in [-0.05, 0) is 33.9 Å².